The Kier molecular flexibility index (Phi) is 9.57. The third-order valence-electron chi connectivity index (χ3n) is 4.72. The molecule has 1 N–H and O–H groups in total. The normalized spacial score (nSPS) is 11.6. The van der Waals surface area contributed by atoms with Crippen LogP contribution in [-0.4, -0.2) is 42.7 Å². The summed E-state index contributed by atoms with van der Waals surface area (Å²) in [5.74, 6) is 2.22. The molecule has 0 aliphatic rings. The smallest absolute Gasteiger partial charge is 0.242 e. The molecule has 6 heteroatoms. The van der Waals surface area contributed by atoms with Crippen LogP contribution in [0.1, 0.15) is 30.9 Å². The molecule has 156 valence electrons. The van der Waals surface area contributed by atoms with Gasteiger partial charge in [-0.05, 0) is 29.7 Å². The molecule has 0 radical (unpaired) electrons. The number of hydrogen-bond acceptors (Lipinski definition) is 4. The van der Waals surface area contributed by atoms with Crippen molar-refractivity contribution in [2.45, 2.75) is 38.1 Å². The highest BCUT2D eigenvalue weighted by Gasteiger charge is 2.27. The van der Waals surface area contributed by atoms with Crippen LogP contribution in [-0.2, 0) is 21.9 Å². The maximum Gasteiger partial charge on any atom is 0.242 e. The fraction of sp³-hybridized carbons (Fsp3) is 0.391. The molecule has 29 heavy (non-hydrogen) atoms. The molecule has 2 aromatic rings. The third kappa shape index (κ3) is 7.13. The molecule has 0 aliphatic heterocycles. The number of methoxy groups -OCH3 is 1. The standard InChI is InChI=1S/C23H30N2O3S/c1-4-21(23(27)24-2)25(16-18-10-12-20(28-3)13-11-18)22(26)14-15-29-17-19-8-6-5-7-9-19/h5-13,21H,4,14-17H2,1-3H3,(H,24,27)/t21-/m0/s1. The van der Waals surface area contributed by atoms with Crippen molar-refractivity contribution in [3.8, 4) is 5.75 Å². The van der Waals surface area contributed by atoms with Gasteiger partial charge in [-0.25, -0.2) is 0 Å². The summed E-state index contributed by atoms with van der Waals surface area (Å²) in [6.07, 6.45) is 0.972. The van der Waals surface area contributed by atoms with Crippen molar-refractivity contribution in [3.05, 3.63) is 65.7 Å². The Morgan fingerprint density at radius 3 is 2.34 bits per heavy atom. The molecule has 5 nitrogen and oxygen atoms in total. The van der Waals surface area contributed by atoms with Gasteiger partial charge in [0.1, 0.15) is 11.8 Å². The maximum atomic E-state index is 13.0. The third-order valence-corrected chi connectivity index (χ3v) is 5.75. The number of likely N-dealkylation sites (N-methyl/N-ethyl adjacent to an activating group) is 1. The van der Waals surface area contributed by atoms with Crippen LogP contribution in [0, 0.1) is 0 Å². The quantitative estimate of drug-likeness (QED) is 0.567. The number of thioether (sulfide) groups is 1. The molecule has 0 heterocycles. The second kappa shape index (κ2) is 12.2. The van der Waals surface area contributed by atoms with Gasteiger partial charge in [-0.2, -0.15) is 11.8 Å². The molecular formula is C23H30N2O3S. The zero-order valence-corrected chi connectivity index (χ0v) is 18.2. The minimum absolute atomic E-state index is 0.00294. The molecule has 0 aliphatic carbocycles. The number of carbonyl (C=O) groups excluding carboxylic acids is 2. The summed E-state index contributed by atoms with van der Waals surface area (Å²) in [7, 11) is 3.23. The van der Waals surface area contributed by atoms with Crippen molar-refractivity contribution in [2.24, 2.45) is 0 Å². The van der Waals surface area contributed by atoms with Gasteiger partial charge in [0.15, 0.2) is 0 Å². The average molecular weight is 415 g/mol. The summed E-state index contributed by atoms with van der Waals surface area (Å²) in [5.41, 5.74) is 2.22. The first-order valence-corrected chi connectivity index (χ1v) is 11.0. The lowest BCUT2D eigenvalue weighted by Gasteiger charge is -2.30. The fourth-order valence-corrected chi connectivity index (χ4v) is 3.97. The SMILES string of the molecule is CC[C@@H](C(=O)NC)N(Cc1ccc(OC)cc1)C(=O)CCSCc1ccccc1. The zero-order chi connectivity index (χ0) is 21.1. The number of benzene rings is 2. The number of amides is 2. The highest BCUT2D eigenvalue weighted by atomic mass is 32.2. The molecule has 0 unspecified atom stereocenters. The van der Waals surface area contributed by atoms with Crippen LogP contribution in [0.25, 0.3) is 0 Å². The van der Waals surface area contributed by atoms with E-state index in [-0.39, 0.29) is 11.8 Å². The van der Waals surface area contributed by atoms with Gasteiger partial charge in [0, 0.05) is 31.5 Å². The van der Waals surface area contributed by atoms with E-state index in [4.69, 9.17) is 4.74 Å². The van der Waals surface area contributed by atoms with Crippen LogP contribution >= 0.6 is 11.8 Å². The molecule has 0 fully saturated rings. The molecular weight excluding hydrogens is 384 g/mol. The Labute approximate surface area is 177 Å². The van der Waals surface area contributed by atoms with Crippen LogP contribution in [0.2, 0.25) is 0 Å². The highest BCUT2D eigenvalue weighted by Crippen LogP contribution is 2.18. The van der Waals surface area contributed by atoms with Crippen molar-refractivity contribution >= 4 is 23.6 Å². The highest BCUT2D eigenvalue weighted by molar-refractivity contribution is 7.98. The minimum Gasteiger partial charge on any atom is -0.497 e. The van der Waals surface area contributed by atoms with Gasteiger partial charge in [-0.3, -0.25) is 9.59 Å². The van der Waals surface area contributed by atoms with Gasteiger partial charge in [-0.1, -0.05) is 49.4 Å². The van der Waals surface area contributed by atoms with Gasteiger partial charge in [-0.15, -0.1) is 0 Å². The Hall–Kier alpha value is -2.47. The van der Waals surface area contributed by atoms with Crippen molar-refractivity contribution < 1.29 is 14.3 Å². The first-order valence-electron chi connectivity index (χ1n) is 9.84. The van der Waals surface area contributed by atoms with Crippen LogP contribution in [0.4, 0.5) is 0 Å². The van der Waals surface area contributed by atoms with E-state index in [2.05, 4.69) is 17.4 Å². The summed E-state index contributed by atoms with van der Waals surface area (Å²) >= 11 is 1.73. The van der Waals surface area contributed by atoms with Crippen molar-refractivity contribution in [1.29, 1.82) is 0 Å². The first kappa shape index (κ1) is 22.8. The van der Waals surface area contributed by atoms with E-state index in [1.54, 1.807) is 30.8 Å². The number of hydrogen-bond donors (Lipinski definition) is 1. The molecule has 0 saturated heterocycles. The Morgan fingerprint density at radius 2 is 1.76 bits per heavy atom. The molecule has 0 bridgehead atoms. The predicted molar refractivity (Wildman–Crippen MR) is 119 cm³/mol. The van der Waals surface area contributed by atoms with E-state index in [1.807, 2.05) is 49.4 Å². The Morgan fingerprint density at radius 1 is 1.07 bits per heavy atom. The maximum absolute atomic E-state index is 13.0. The van der Waals surface area contributed by atoms with Gasteiger partial charge in [0.05, 0.1) is 7.11 Å². The molecule has 2 aromatic carbocycles. The fourth-order valence-electron chi connectivity index (χ4n) is 3.08. The van der Waals surface area contributed by atoms with E-state index in [1.165, 1.54) is 5.56 Å². The molecule has 2 rings (SSSR count). The van der Waals surface area contributed by atoms with Gasteiger partial charge in [0.25, 0.3) is 0 Å². The molecule has 0 saturated carbocycles. The van der Waals surface area contributed by atoms with Crippen molar-refractivity contribution in [2.75, 3.05) is 19.9 Å². The summed E-state index contributed by atoms with van der Waals surface area (Å²) in [6.45, 7) is 2.33. The summed E-state index contributed by atoms with van der Waals surface area (Å²) in [6, 6.07) is 17.3. The lowest BCUT2D eigenvalue weighted by molar-refractivity contribution is -0.140. The van der Waals surface area contributed by atoms with Crippen molar-refractivity contribution in [3.63, 3.8) is 0 Å². The summed E-state index contributed by atoms with van der Waals surface area (Å²) in [5, 5.41) is 2.69. The topological polar surface area (TPSA) is 58.6 Å². The number of ether oxygens (including phenoxy) is 1. The Balaban J connectivity index is 2.02. The molecule has 0 spiro atoms. The van der Waals surface area contributed by atoms with Crippen molar-refractivity contribution in [1.82, 2.24) is 10.2 Å². The largest absolute Gasteiger partial charge is 0.497 e. The van der Waals surface area contributed by atoms with Crippen LogP contribution in [0.15, 0.2) is 54.6 Å². The second-order valence-corrected chi connectivity index (χ2v) is 7.80. The zero-order valence-electron chi connectivity index (χ0n) is 17.4. The molecule has 1 atom stereocenters. The molecule has 0 aromatic heterocycles. The van der Waals surface area contributed by atoms with E-state index in [9.17, 15) is 9.59 Å². The summed E-state index contributed by atoms with van der Waals surface area (Å²) in [4.78, 5) is 27.1. The van der Waals surface area contributed by atoms with E-state index in [0.29, 0.717) is 19.4 Å². The average Bonchev–Trinajstić information content (AvgIpc) is 2.77. The van der Waals surface area contributed by atoms with Gasteiger partial charge < -0.3 is 15.0 Å². The number of carbonyl (C=O) groups is 2. The lowest BCUT2D eigenvalue weighted by Crippen LogP contribution is -2.48. The van der Waals surface area contributed by atoms with Gasteiger partial charge >= 0.3 is 0 Å². The van der Waals surface area contributed by atoms with Gasteiger partial charge in [0.2, 0.25) is 11.8 Å². The summed E-state index contributed by atoms with van der Waals surface area (Å²) < 4.78 is 5.20. The van der Waals surface area contributed by atoms with Crippen LogP contribution in [0.5, 0.6) is 5.75 Å². The lowest BCUT2D eigenvalue weighted by atomic mass is 10.1. The van der Waals surface area contributed by atoms with E-state index < -0.39 is 6.04 Å². The Bertz CT molecular complexity index is 765. The van der Waals surface area contributed by atoms with E-state index in [0.717, 1.165) is 22.8 Å². The number of nitrogens with zero attached hydrogens (tertiary/aromatic N) is 1. The second-order valence-electron chi connectivity index (χ2n) is 6.70. The number of nitrogens with one attached hydrogen (secondary N) is 1. The number of rotatable bonds is 11. The molecule has 2 amide bonds. The predicted octanol–water partition coefficient (Wildman–Crippen LogP) is 3.87. The van der Waals surface area contributed by atoms with Crippen LogP contribution < -0.4 is 10.1 Å². The minimum atomic E-state index is -0.478. The van der Waals surface area contributed by atoms with E-state index >= 15 is 0 Å². The first-order chi connectivity index (χ1) is 14.1. The monoisotopic (exact) mass is 414 g/mol. The van der Waals surface area contributed by atoms with Crippen LogP contribution in [0.3, 0.4) is 0 Å².